The zero-order valence-electron chi connectivity index (χ0n) is 11.3. The topological polar surface area (TPSA) is 18.5 Å². The van der Waals surface area contributed by atoms with Gasteiger partial charge >= 0.3 is 6.36 Å². The summed E-state index contributed by atoms with van der Waals surface area (Å²) in [6.45, 7) is 2.72. The molecular weight excluding hydrogens is 337 g/mol. The van der Waals surface area contributed by atoms with E-state index in [4.69, 9.17) is 4.74 Å². The Morgan fingerprint density at radius 2 is 1.80 bits per heavy atom. The van der Waals surface area contributed by atoms with Crippen LogP contribution in [0.1, 0.15) is 39.0 Å². The summed E-state index contributed by atoms with van der Waals surface area (Å²) < 4.78 is 45.9. The lowest BCUT2D eigenvalue weighted by molar-refractivity contribution is -0.274. The lowest BCUT2D eigenvalue weighted by Gasteiger charge is -2.12. The Bertz CT molecular complexity index is 408. The van der Waals surface area contributed by atoms with Crippen LogP contribution < -0.4 is 9.47 Å². The highest BCUT2D eigenvalue weighted by Crippen LogP contribution is 2.33. The van der Waals surface area contributed by atoms with Crippen LogP contribution in [0.4, 0.5) is 13.2 Å². The van der Waals surface area contributed by atoms with Gasteiger partial charge in [0.2, 0.25) is 0 Å². The van der Waals surface area contributed by atoms with Gasteiger partial charge in [0.25, 0.3) is 0 Å². The molecule has 0 bridgehead atoms. The van der Waals surface area contributed by atoms with Gasteiger partial charge in [-0.1, -0.05) is 32.6 Å². The van der Waals surface area contributed by atoms with Crippen molar-refractivity contribution in [2.24, 2.45) is 0 Å². The first-order chi connectivity index (χ1) is 9.42. The van der Waals surface area contributed by atoms with Crippen molar-refractivity contribution in [2.45, 2.75) is 45.4 Å². The van der Waals surface area contributed by atoms with Gasteiger partial charge in [-0.05, 0) is 40.5 Å². The minimum Gasteiger partial charge on any atom is -0.494 e. The lowest BCUT2D eigenvalue weighted by atomic mass is 10.2. The van der Waals surface area contributed by atoms with Crippen molar-refractivity contribution in [3.8, 4) is 11.5 Å². The fourth-order valence-corrected chi connectivity index (χ4v) is 2.11. The Hall–Kier alpha value is -0.910. The van der Waals surface area contributed by atoms with E-state index >= 15 is 0 Å². The quantitative estimate of drug-likeness (QED) is 0.557. The standard InChI is InChI=1S/C14H18BrF3O2/c1-2-3-4-5-6-9-19-11-7-8-13(12(15)10-11)20-14(16,17)18/h7-8,10H,2-6,9H2,1H3. The number of halogens is 4. The Morgan fingerprint density at radius 1 is 1.10 bits per heavy atom. The molecule has 0 aromatic heterocycles. The van der Waals surface area contributed by atoms with Gasteiger partial charge in [0, 0.05) is 0 Å². The molecule has 0 aliphatic carbocycles. The maximum absolute atomic E-state index is 12.1. The van der Waals surface area contributed by atoms with Gasteiger partial charge in [-0.2, -0.15) is 0 Å². The highest BCUT2D eigenvalue weighted by molar-refractivity contribution is 9.10. The van der Waals surface area contributed by atoms with Gasteiger partial charge < -0.3 is 9.47 Å². The van der Waals surface area contributed by atoms with Crippen molar-refractivity contribution in [3.05, 3.63) is 22.7 Å². The van der Waals surface area contributed by atoms with Crippen molar-refractivity contribution in [2.75, 3.05) is 6.61 Å². The minimum absolute atomic E-state index is 0.221. The smallest absolute Gasteiger partial charge is 0.494 e. The summed E-state index contributed by atoms with van der Waals surface area (Å²) in [5.41, 5.74) is 0. The predicted molar refractivity (Wildman–Crippen MR) is 75.1 cm³/mol. The number of hydrogen-bond donors (Lipinski definition) is 0. The Kier molecular flexibility index (Phi) is 7.19. The molecule has 1 aromatic carbocycles. The molecule has 0 unspecified atom stereocenters. The van der Waals surface area contributed by atoms with Gasteiger partial charge in [0.1, 0.15) is 11.5 Å². The Morgan fingerprint density at radius 3 is 2.40 bits per heavy atom. The number of alkyl halides is 3. The Labute approximate surface area is 125 Å². The van der Waals surface area contributed by atoms with E-state index in [1.165, 1.54) is 37.5 Å². The van der Waals surface area contributed by atoms with E-state index in [2.05, 4.69) is 27.6 Å². The number of unbranched alkanes of at least 4 members (excludes halogenated alkanes) is 4. The molecule has 6 heteroatoms. The number of rotatable bonds is 8. The molecule has 0 N–H and O–H groups in total. The van der Waals surface area contributed by atoms with E-state index < -0.39 is 6.36 Å². The van der Waals surface area contributed by atoms with Crippen LogP contribution in [0.2, 0.25) is 0 Å². The molecule has 0 aliphatic rings. The van der Waals surface area contributed by atoms with E-state index in [0.717, 1.165) is 12.8 Å². The number of benzene rings is 1. The maximum Gasteiger partial charge on any atom is 0.573 e. The molecule has 1 rings (SSSR count). The van der Waals surface area contributed by atoms with Crippen LogP contribution in [-0.2, 0) is 0 Å². The van der Waals surface area contributed by atoms with Crippen LogP contribution in [0.25, 0.3) is 0 Å². The summed E-state index contributed by atoms with van der Waals surface area (Å²) in [6, 6.07) is 4.19. The van der Waals surface area contributed by atoms with E-state index in [9.17, 15) is 13.2 Å². The zero-order chi connectivity index (χ0) is 15.0. The molecule has 0 spiro atoms. The summed E-state index contributed by atoms with van der Waals surface area (Å²) in [5.74, 6) is 0.259. The summed E-state index contributed by atoms with van der Waals surface area (Å²) in [4.78, 5) is 0. The molecule has 0 saturated carbocycles. The largest absolute Gasteiger partial charge is 0.573 e. The van der Waals surface area contributed by atoms with Crippen LogP contribution in [0, 0.1) is 0 Å². The second-order valence-electron chi connectivity index (χ2n) is 4.40. The number of ether oxygens (including phenoxy) is 2. The molecular formula is C14H18BrF3O2. The molecule has 20 heavy (non-hydrogen) atoms. The normalized spacial score (nSPS) is 11.4. The number of hydrogen-bond acceptors (Lipinski definition) is 2. The second kappa shape index (κ2) is 8.39. The fraction of sp³-hybridized carbons (Fsp3) is 0.571. The van der Waals surface area contributed by atoms with Crippen molar-refractivity contribution in [1.29, 1.82) is 0 Å². The average Bonchev–Trinajstić information content (AvgIpc) is 2.35. The predicted octanol–water partition coefficient (Wildman–Crippen LogP) is 5.70. The summed E-state index contributed by atoms with van der Waals surface area (Å²) in [6.07, 6.45) is 0.943. The van der Waals surface area contributed by atoms with Crippen molar-refractivity contribution >= 4 is 15.9 Å². The van der Waals surface area contributed by atoms with Crippen molar-refractivity contribution in [3.63, 3.8) is 0 Å². The fourth-order valence-electron chi connectivity index (χ4n) is 1.67. The third kappa shape index (κ3) is 7.03. The molecule has 0 atom stereocenters. The first kappa shape index (κ1) is 17.1. The molecule has 0 aliphatic heterocycles. The molecule has 1 aromatic rings. The van der Waals surface area contributed by atoms with E-state index in [1.807, 2.05) is 0 Å². The average molecular weight is 355 g/mol. The van der Waals surface area contributed by atoms with Crippen LogP contribution in [0.3, 0.4) is 0 Å². The van der Waals surface area contributed by atoms with Crippen LogP contribution >= 0.6 is 15.9 Å². The third-order valence-corrected chi connectivity index (χ3v) is 3.27. The summed E-state index contributed by atoms with van der Waals surface area (Å²) in [5, 5.41) is 0. The molecule has 0 amide bonds. The molecule has 114 valence electrons. The van der Waals surface area contributed by atoms with Crippen LogP contribution in [0.15, 0.2) is 22.7 Å². The van der Waals surface area contributed by atoms with Gasteiger partial charge in [-0.25, -0.2) is 0 Å². The maximum atomic E-state index is 12.1. The van der Waals surface area contributed by atoms with Gasteiger partial charge in [-0.3, -0.25) is 0 Å². The van der Waals surface area contributed by atoms with Crippen molar-refractivity contribution < 1.29 is 22.6 Å². The molecule has 0 radical (unpaired) electrons. The van der Waals surface area contributed by atoms with Gasteiger partial charge in [-0.15, -0.1) is 13.2 Å². The van der Waals surface area contributed by atoms with E-state index in [-0.39, 0.29) is 10.2 Å². The monoisotopic (exact) mass is 354 g/mol. The molecule has 2 nitrogen and oxygen atoms in total. The lowest BCUT2D eigenvalue weighted by Crippen LogP contribution is -2.17. The highest BCUT2D eigenvalue weighted by Gasteiger charge is 2.31. The van der Waals surface area contributed by atoms with Gasteiger partial charge in [0.05, 0.1) is 11.1 Å². The first-order valence-electron chi connectivity index (χ1n) is 6.60. The van der Waals surface area contributed by atoms with Gasteiger partial charge in [0.15, 0.2) is 0 Å². The first-order valence-corrected chi connectivity index (χ1v) is 7.40. The Balaban J connectivity index is 2.39. The van der Waals surface area contributed by atoms with E-state index in [1.54, 1.807) is 0 Å². The molecule has 0 fully saturated rings. The summed E-state index contributed by atoms with van der Waals surface area (Å²) >= 11 is 3.04. The summed E-state index contributed by atoms with van der Waals surface area (Å²) in [7, 11) is 0. The zero-order valence-corrected chi connectivity index (χ0v) is 12.9. The van der Waals surface area contributed by atoms with E-state index in [0.29, 0.717) is 12.4 Å². The molecule has 0 saturated heterocycles. The van der Waals surface area contributed by atoms with Crippen LogP contribution in [-0.4, -0.2) is 13.0 Å². The van der Waals surface area contributed by atoms with Crippen LogP contribution in [0.5, 0.6) is 11.5 Å². The molecule has 0 heterocycles. The highest BCUT2D eigenvalue weighted by atomic mass is 79.9. The van der Waals surface area contributed by atoms with Crippen molar-refractivity contribution in [1.82, 2.24) is 0 Å². The minimum atomic E-state index is -4.69. The SMILES string of the molecule is CCCCCCCOc1ccc(OC(F)(F)F)c(Br)c1. The third-order valence-electron chi connectivity index (χ3n) is 2.65. The second-order valence-corrected chi connectivity index (χ2v) is 5.26.